The van der Waals surface area contributed by atoms with E-state index in [1.165, 1.54) is 73.4 Å². The standard InChI is InChI=1S/C18H28O9.C16H24O6.C14H18O2.C13H18O4.C10H16O4.C9H12O2.2C7H14O2/c1-8-16(2,3)15(20)25-11-9-10(23-13(11)19)12-14(24-9)27-18(5,22-7)17(4,21-6)26-12;1-6-15(2,3)14(18)20-11-8-7-9-12(10(8)19-13(11)17)22-16(4,5)21-9;15-14-13-9-4-8(10(13)5-16-14)11-6-1-2-7(3-6)12(9)11;1-4-13(2,3)12(15)17-10-8-6-5-7-9(8)16-11(10)14;1-4-10(2,3)9(12)14-7-5-6-13-8(7)11;10-9-8-6-2-1-5(3-6)7(8)4-11-9;2*1-5-7(2,3)6(8)9-4/h9-12,14H,8H2,1-7H3;8-12H,6-7H2,1-5H3;6-13H,1-5H2;5,7-10H,4,6H2,1-3H3;7H,4-6H2,1-3H3;5-8H,1-4H2;2*5H2,1-4H3. The number of hydrogen-bond acceptors (Lipinski definition) is 31. The van der Waals surface area contributed by atoms with E-state index >= 15 is 0 Å². The third-order valence-electron chi connectivity index (χ3n) is 31.0. The molecule has 17 rings (SSSR count). The lowest BCUT2D eigenvalue weighted by atomic mass is 9.64. The number of carbonyl (C=O) groups is 12. The van der Waals surface area contributed by atoms with E-state index in [-0.39, 0.29) is 88.9 Å². The zero-order chi connectivity index (χ0) is 92.7. The van der Waals surface area contributed by atoms with Crippen molar-refractivity contribution in [2.45, 2.75) is 346 Å². The number of cyclic esters (lactones) is 3. The maximum atomic E-state index is 12.4. The summed E-state index contributed by atoms with van der Waals surface area (Å²) < 4.78 is 102. The quantitative estimate of drug-likeness (QED) is 0.0532. The van der Waals surface area contributed by atoms with Gasteiger partial charge in [0.25, 0.3) is 0 Å². The molecule has 9 saturated heterocycles. The number of carbonyl (C=O) groups excluding carboxylic acids is 12. The molecule has 0 radical (unpaired) electrons. The van der Waals surface area contributed by atoms with Crippen LogP contribution in [-0.2, 0) is 148 Å². The first-order valence-corrected chi connectivity index (χ1v) is 45.6. The van der Waals surface area contributed by atoms with Crippen molar-refractivity contribution in [2.75, 3.05) is 48.3 Å². The molecule has 28 atom stereocenters. The van der Waals surface area contributed by atoms with E-state index in [4.69, 9.17) is 80.5 Å². The van der Waals surface area contributed by atoms with Crippen molar-refractivity contribution >= 4 is 71.6 Å². The lowest BCUT2D eigenvalue weighted by Crippen LogP contribution is -2.65. The van der Waals surface area contributed by atoms with Gasteiger partial charge >= 0.3 is 71.6 Å². The van der Waals surface area contributed by atoms with E-state index in [1.54, 1.807) is 41.5 Å². The van der Waals surface area contributed by atoms with Gasteiger partial charge in [-0.25, -0.2) is 19.2 Å². The van der Waals surface area contributed by atoms with Crippen LogP contribution in [0.25, 0.3) is 0 Å². The number of esters is 12. The Bertz CT molecular complexity index is 3920. The summed E-state index contributed by atoms with van der Waals surface area (Å²) in [6.45, 7) is 42.3. The van der Waals surface area contributed by atoms with Gasteiger partial charge < -0.3 is 90.0 Å². The number of ether oxygens (including phenoxy) is 19. The van der Waals surface area contributed by atoms with Crippen LogP contribution in [0.4, 0.5) is 0 Å². The summed E-state index contributed by atoms with van der Waals surface area (Å²) in [7, 11) is 5.76. The van der Waals surface area contributed by atoms with Gasteiger partial charge in [0.2, 0.25) is 36.0 Å². The minimum Gasteiger partial charge on any atom is -0.469 e. The van der Waals surface area contributed by atoms with E-state index in [1.807, 2.05) is 123 Å². The number of fused-ring (bicyclic) bond motifs is 24. The number of allylic oxidation sites excluding steroid dienone is 1. The highest BCUT2D eigenvalue weighted by Gasteiger charge is 2.71. The van der Waals surface area contributed by atoms with Crippen LogP contribution in [0.3, 0.4) is 0 Å². The van der Waals surface area contributed by atoms with E-state index in [0.717, 1.165) is 73.9 Å². The zero-order valence-electron chi connectivity index (χ0n) is 78.8. The highest BCUT2D eigenvalue weighted by atomic mass is 16.9. The largest absolute Gasteiger partial charge is 0.469 e. The van der Waals surface area contributed by atoms with E-state index in [2.05, 4.69) is 9.47 Å². The fourth-order valence-corrected chi connectivity index (χ4v) is 20.3. The van der Waals surface area contributed by atoms with Gasteiger partial charge in [-0.2, -0.15) is 0 Å². The van der Waals surface area contributed by atoms with E-state index in [9.17, 15) is 57.5 Å². The van der Waals surface area contributed by atoms with Crippen LogP contribution in [0, 0.1) is 115 Å². The molecule has 7 saturated carbocycles. The molecule has 0 spiro atoms. The predicted octanol–water partition coefficient (Wildman–Crippen LogP) is 12.5. The first-order chi connectivity index (χ1) is 58.4. The Labute approximate surface area is 737 Å². The van der Waals surface area contributed by atoms with E-state index < -0.39 is 118 Å². The molecule has 9 heterocycles. The molecule has 706 valence electrons. The molecular formula is C94H144O31. The van der Waals surface area contributed by atoms with Gasteiger partial charge in [0.1, 0.15) is 24.4 Å². The highest BCUT2D eigenvalue weighted by Crippen LogP contribution is 2.71. The highest BCUT2D eigenvalue weighted by molar-refractivity contribution is 5.87. The number of hydrogen-bond donors (Lipinski definition) is 0. The van der Waals surface area contributed by atoms with Gasteiger partial charge in [-0.05, 0) is 261 Å². The summed E-state index contributed by atoms with van der Waals surface area (Å²) in [6, 6.07) is 0. The Morgan fingerprint density at radius 3 is 1.32 bits per heavy atom. The molecule has 31 nitrogen and oxygen atoms in total. The predicted molar refractivity (Wildman–Crippen MR) is 444 cm³/mol. The molecule has 125 heavy (non-hydrogen) atoms. The Kier molecular flexibility index (Phi) is 31.3. The average Bonchev–Trinajstić information content (AvgIpc) is 1.53. The molecule has 16 fully saturated rings. The second-order valence-corrected chi connectivity index (χ2v) is 41.3. The van der Waals surface area contributed by atoms with Gasteiger partial charge in [0, 0.05) is 38.4 Å². The lowest BCUT2D eigenvalue weighted by Gasteiger charge is -2.50. The molecule has 9 aliphatic heterocycles. The van der Waals surface area contributed by atoms with Crippen molar-refractivity contribution in [1.82, 2.24) is 0 Å². The van der Waals surface area contributed by atoms with E-state index in [0.29, 0.717) is 74.7 Å². The normalized spacial score (nSPS) is 37.6. The monoisotopic (exact) mass is 1770 g/mol. The van der Waals surface area contributed by atoms with Gasteiger partial charge in [-0.1, -0.05) is 47.6 Å². The Balaban J connectivity index is 0.000000153. The molecule has 0 aromatic carbocycles. The van der Waals surface area contributed by atoms with Crippen molar-refractivity contribution in [1.29, 1.82) is 0 Å². The maximum Gasteiger partial charge on any atom is 0.350 e. The first-order valence-electron chi connectivity index (χ1n) is 45.6. The van der Waals surface area contributed by atoms with Crippen LogP contribution in [0.2, 0.25) is 0 Å². The SMILES string of the molecule is CCC(C)(C)C(=O)OC.CCC(C)(C)C(=O)OC.CCC(C)(C)C(=O)OC1C(=O)OC2C1CC1OC(C)(C)OC12.CCC(C)(C)C(=O)OC1C(=O)OC2C3OC(C)(OC)C(C)(OC)OC3OC12.CCC(C)(C)C(=O)OC1C(=O)OC2C=CCC21.CCC(C)(C)C(=O)OC1CCOC1=O.O=C1OCC2C3CC(C12)C1C2CCC(C2)C31.O=C1OCC2C3CCC(C3)C12. The Hall–Kier alpha value is -6.90. The van der Waals surface area contributed by atoms with Crippen molar-refractivity contribution in [2.24, 2.45) is 115 Å². The molecule has 6 bridgehead atoms. The molecule has 0 aromatic rings. The van der Waals surface area contributed by atoms with Crippen molar-refractivity contribution in [3.63, 3.8) is 0 Å². The number of methoxy groups -OCH3 is 4. The van der Waals surface area contributed by atoms with Crippen molar-refractivity contribution in [3.05, 3.63) is 12.2 Å². The van der Waals surface area contributed by atoms with Crippen LogP contribution in [0.5, 0.6) is 0 Å². The summed E-state index contributed by atoms with van der Waals surface area (Å²) in [5.74, 6) is 2.05. The fraction of sp³-hybridized carbons (Fsp3) is 0.851. The minimum atomic E-state index is -1.26. The van der Waals surface area contributed by atoms with Gasteiger partial charge in [-0.3, -0.25) is 38.4 Å². The van der Waals surface area contributed by atoms with Crippen LogP contribution in [0.15, 0.2) is 12.2 Å². The lowest BCUT2D eigenvalue weighted by molar-refractivity contribution is -0.468. The average molecular weight is 1770 g/mol. The smallest absolute Gasteiger partial charge is 0.350 e. The third kappa shape index (κ3) is 20.6. The molecule has 31 heteroatoms. The molecule has 28 unspecified atom stereocenters. The maximum absolute atomic E-state index is 12.4. The number of rotatable bonds is 18. The summed E-state index contributed by atoms with van der Waals surface area (Å²) in [6.07, 6.45) is 12.0. The zero-order valence-corrected chi connectivity index (χ0v) is 78.8. The molecule has 0 amide bonds. The molecule has 0 N–H and O–H groups in total. The molecular weight excluding hydrogens is 1630 g/mol. The molecule has 8 aliphatic carbocycles. The summed E-state index contributed by atoms with van der Waals surface area (Å²) in [5, 5.41) is 0. The Morgan fingerprint density at radius 1 is 0.384 bits per heavy atom. The first kappa shape index (κ1) is 100. The molecule has 17 aliphatic rings. The van der Waals surface area contributed by atoms with Crippen LogP contribution in [-0.4, -0.2) is 211 Å². The van der Waals surface area contributed by atoms with Crippen LogP contribution < -0.4 is 0 Å². The minimum absolute atomic E-state index is 0.0286. The van der Waals surface area contributed by atoms with Gasteiger partial charge in [-0.15, -0.1) is 0 Å². The van der Waals surface area contributed by atoms with Crippen LogP contribution in [0.1, 0.15) is 255 Å². The fourth-order valence-electron chi connectivity index (χ4n) is 20.3. The molecule has 0 aromatic heterocycles. The summed E-state index contributed by atoms with van der Waals surface area (Å²) in [5.41, 5.74) is -3.03. The van der Waals surface area contributed by atoms with Crippen molar-refractivity contribution < 1.29 is 148 Å². The topological polar surface area (TPSA) is 380 Å². The summed E-state index contributed by atoms with van der Waals surface area (Å²) >= 11 is 0. The van der Waals surface area contributed by atoms with Gasteiger partial charge in [0.05, 0.1) is 90.4 Å². The second kappa shape index (κ2) is 39.0. The Morgan fingerprint density at radius 2 is 0.824 bits per heavy atom. The van der Waals surface area contributed by atoms with Crippen molar-refractivity contribution in [3.8, 4) is 0 Å². The third-order valence-corrected chi connectivity index (χ3v) is 31.0. The summed E-state index contributed by atoms with van der Waals surface area (Å²) in [4.78, 5) is 140. The second-order valence-electron chi connectivity index (χ2n) is 41.3. The van der Waals surface area contributed by atoms with Crippen LogP contribution >= 0.6 is 0 Å². The van der Waals surface area contributed by atoms with Gasteiger partial charge in [0.15, 0.2) is 24.3 Å².